The first-order valence-electron chi connectivity index (χ1n) is 7.15. The van der Waals surface area contributed by atoms with Crippen molar-refractivity contribution in [1.29, 1.82) is 0 Å². The van der Waals surface area contributed by atoms with E-state index in [1.54, 1.807) is 6.92 Å². The number of aryl methyl sites for hydroxylation is 1. The lowest BCUT2D eigenvalue weighted by atomic mass is 9.85. The molecule has 0 saturated heterocycles. The Bertz CT molecular complexity index is 458. The van der Waals surface area contributed by atoms with Crippen LogP contribution in [0.1, 0.15) is 56.7 Å². The lowest BCUT2D eigenvalue weighted by Gasteiger charge is -2.34. The number of nitrogens with one attached hydrogen (secondary N) is 1. The molecule has 0 spiro atoms. The maximum atomic E-state index is 11.5. The van der Waals surface area contributed by atoms with Gasteiger partial charge < -0.3 is 5.11 Å². The first-order valence-corrected chi connectivity index (χ1v) is 7.15. The van der Waals surface area contributed by atoms with Gasteiger partial charge in [-0.25, -0.2) is 0 Å². The average Bonchev–Trinajstić information content (AvgIpc) is 2.39. The topological polar surface area (TPSA) is 49.3 Å². The molecular formula is C16H23NO2. The number of hydrogen-bond donors (Lipinski definition) is 2. The number of carboxylic acid groups (broad SMARTS) is 1. The summed E-state index contributed by atoms with van der Waals surface area (Å²) in [5.41, 5.74) is 1.80. The number of hydrogen-bond acceptors (Lipinski definition) is 2. The largest absolute Gasteiger partial charge is 0.480 e. The van der Waals surface area contributed by atoms with Gasteiger partial charge in [-0.2, -0.15) is 0 Å². The van der Waals surface area contributed by atoms with Gasteiger partial charge in [0.05, 0.1) is 0 Å². The second-order valence-corrected chi connectivity index (χ2v) is 5.68. The van der Waals surface area contributed by atoms with Crippen LogP contribution in [0, 0.1) is 0 Å². The standard InChI is InChI=1S/C16H23NO2/c1-3-11-16(2,15(18)19)17-14-10-6-8-12-7-4-5-9-13(12)14/h4-5,7,9,14,17H,3,6,8,10-11H2,1-2H3,(H,18,19). The van der Waals surface area contributed by atoms with Crippen LogP contribution in [0.2, 0.25) is 0 Å². The minimum atomic E-state index is -0.829. The van der Waals surface area contributed by atoms with Crippen LogP contribution < -0.4 is 5.32 Å². The van der Waals surface area contributed by atoms with Gasteiger partial charge in [-0.15, -0.1) is 0 Å². The highest BCUT2D eigenvalue weighted by Crippen LogP contribution is 2.32. The second-order valence-electron chi connectivity index (χ2n) is 5.68. The SMILES string of the molecule is CCCC(C)(NC1CCCc2ccccc21)C(=O)O. The zero-order chi connectivity index (χ0) is 13.9. The predicted octanol–water partition coefficient (Wildman–Crippen LogP) is 3.30. The van der Waals surface area contributed by atoms with Crippen molar-refractivity contribution in [3.05, 3.63) is 35.4 Å². The van der Waals surface area contributed by atoms with Gasteiger partial charge in [-0.3, -0.25) is 10.1 Å². The predicted molar refractivity (Wildman–Crippen MR) is 76.2 cm³/mol. The quantitative estimate of drug-likeness (QED) is 0.855. The molecule has 0 saturated carbocycles. The molecule has 2 unspecified atom stereocenters. The van der Waals surface area contributed by atoms with E-state index >= 15 is 0 Å². The van der Waals surface area contributed by atoms with Gasteiger partial charge in [0.1, 0.15) is 5.54 Å². The summed E-state index contributed by atoms with van der Waals surface area (Å²) in [7, 11) is 0. The molecule has 0 amide bonds. The van der Waals surface area contributed by atoms with Crippen LogP contribution in [-0.2, 0) is 11.2 Å². The maximum absolute atomic E-state index is 11.5. The van der Waals surface area contributed by atoms with E-state index < -0.39 is 11.5 Å². The van der Waals surface area contributed by atoms with Crippen molar-refractivity contribution in [1.82, 2.24) is 5.32 Å². The van der Waals surface area contributed by atoms with Crippen molar-refractivity contribution in [3.8, 4) is 0 Å². The van der Waals surface area contributed by atoms with Gasteiger partial charge in [-0.1, -0.05) is 37.6 Å². The van der Waals surface area contributed by atoms with Crippen molar-refractivity contribution in [2.45, 2.75) is 57.5 Å². The van der Waals surface area contributed by atoms with Gasteiger partial charge in [-0.05, 0) is 43.7 Å². The Balaban J connectivity index is 2.22. The Morgan fingerprint density at radius 1 is 1.47 bits per heavy atom. The monoisotopic (exact) mass is 261 g/mol. The minimum absolute atomic E-state index is 0.164. The lowest BCUT2D eigenvalue weighted by Crippen LogP contribution is -2.51. The first kappa shape index (κ1) is 14.1. The zero-order valence-electron chi connectivity index (χ0n) is 11.8. The Hall–Kier alpha value is -1.35. The van der Waals surface area contributed by atoms with Crippen LogP contribution in [0.5, 0.6) is 0 Å². The van der Waals surface area contributed by atoms with Crippen molar-refractivity contribution < 1.29 is 9.90 Å². The molecule has 2 N–H and O–H groups in total. The molecule has 1 aromatic carbocycles. The number of rotatable bonds is 5. The van der Waals surface area contributed by atoms with E-state index in [1.165, 1.54) is 11.1 Å². The molecule has 1 aromatic rings. The maximum Gasteiger partial charge on any atom is 0.323 e. The Kier molecular flexibility index (Phi) is 4.25. The van der Waals surface area contributed by atoms with E-state index in [4.69, 9.17) is 0 Å². The highest BCUT2D eigenvalue weighted by atomic mass is 16.4. The molecule has 0 fully saturated rings. The van der Waals surface area contributed by atoms with E-state index in [0.29, 0.717) is 6.42 Å². The molecule has 1 aliphatic rings. The molecule has 19 heavy (non-hydrogen) atoms. The average molecular weight is 261 g/mol. The molecule has 0 bridgehead atoms. The van der Waals surface area contributed by atoms with E-state index in [-0.39, 0.29) is 6.04 Å². The van der Waals surface area contributed by atoms with Crippen molar-refractivity contribution in [2.24, 2.45) is 0 Å². The third-order valence-electron chi connectivity index (χ3n) is 4.08. The Morgan fingerprint density at radius 2 is 2.21 bits per heavy atom. The molecule has 104 valence electrons. The van der Waals surface area contributed by atoms with Crippen molar-refractivity contribution in [3.63, 3.8) is 0 Å². The smallest absolute Gasteiger partial charge is 0.323 e. The van der Waals surface area contributed by atoms with Crippen LogP contribution >= 0.6 is 0 Å². The van der Waals surface area contributed by atoms with Gasteiger partial charge in [0.25, 0.3) is 0 Å². The highest BCUT2D eigenvalue weighted by molar-refractivity contribution is 5.78. The molecule has 3 nitrogen and oxygen atoms in total. The number of carbonyl (C=O) groups is 1. The molecule has 3 heteroatoms. The summed E-state index contributed by atoms with van der Waals surface area (Å²) in [4.78, 5) is 11.5. The molecule has 0 radical (unpaired) electrons. The van der Waals surface area contributed by atoms with Crippen molar-refractivity contribution >= 4 is 5.97 Å². The third-order valence-corrected chi connectivity index (χ3v) is 4.08. The minimum Gasteiger partial charge on any atom is -0.480 e. The van der Waals surface area contributed by atoms with Gasteiger partial charge in [0.15, 0.2) is 0 Å². The summed E-state index contributed by atoms with van der Waals surface area (Å²) in [5.74, 6) is -0.752. The fraction of sp³-hybridized carbons (Fsp3) is 0.562. The molecule has 2 atom stereocenters. The van der Waals surface area contributed by atoms with Crippen LogP contribution in [0.15, 0.2) is 24.3 Å². The van der Waals surface area contributed by atoms with Gasteiger partial charge >= 0.3 is 5.97 Å². The molecule has 0 aromatic heterocycles. The van der Waals surface area contributed by atoms with Crippen molar-refractivity contribution in [2.75, 3.05) is 0 Å². The van der Waals surface area contributed by atoms with E-state index in [9.17, 15) is 9.90 Å². The Morgan fingerprint density at radius 3 is 2.89 bits per heavy atom. The van der Waals surface area contributed by atoms with Crippen LogP contribution in [-0.4, -0.2) is 16.6 Å². The fourth-order valence-corrected chi connectivity index (χ4v) is 3.03. The molecule has 1 aliphatic carbocycles. The molecule has 2 rings (SSSR count). The van der Waals surface area contributed by atoms with E-state index in [2.05, 4.69) is 23.5 Å². The van der Waals surface area contributed by atoms with E-state index in [1.807, 2.05) is 13.0 Å². The van der Waals surface area contributed by atoms with Crippen LogP contribution in [0.25, 0.3) is 0 Å². The summed E-state index contributed by atoms with van der Waals surface area (Å²) in [6.45, 7) is 3.83. The summed E-state index contributed by atoms with van der Waals surface area (Å²) in [6, 6.07) is 8.54. The van der Waals surface area contributed by atoms with E-state index in [0.717, 1.165) is 25.7 Å². The third kappa shape index (κ3) is 2.98. The summed E-state index contributed by atoms with van der Waals surface area (Å²) in [5, 5.41) is 12.9. The molecular weight excluding hydrogens is 238 g/mol. The summed E-state index contributed by atoms with van der Waals surface area (Å²) < 4.78 is 0. The van der Waals surface area contributed by atoms with Crippen LogP contribution in [0.4, 0.5) is 0 Å². The zero-order valence-corrected chi connectivity index (χ0v) is 11.8. The number of benzene rings is 1. The Labute approximate surface area is 115 Å². The lowest BCUT2D eigenvalue weighted by molar-refractivity contribution is -0.145. The normalized spacial score (nSPS) is 21.5. The molecule has 0 aliphatic heterocycles. The fourth-order valence-electron chi connectivity index (χ4n) is 3.03. The second kappa shape index (κ2) is 5.74. The summed E-state index contributed by atoms with van der Waals surface area (Å²) >= 11 is 0. The number of aliphatic carboxylic acids is 1. The first-order chi connectivity index (χ1) is 9.07. The summed E-state index contributed by atoms with van der Waals surface area (Å²) in [6.07, 6.45) is 4.76. The highest BCUT2D eigenvalue weighted by Gasteiger charge is 2.35. The number of carboxylic acids is 1. The number of fused-ring (bicyclic) bond motifs is 1. The van der Waals surface area contributed by atoms with Gasteiger partial charge in [0.2, 0.25) is 0 Å². The molecule has 0 heterocycles. The van der Waals surface area contributed by atoms with Crippen LogP contribution in [0.3, 0.4) is 0 Å². The van der Waals surface area contributed by atoms with Gasteiger partial charge in [0, 0.05) is 6.04 Å².